The van der Waals surface area contributed by atoms with Crippen LogP contribution in [0.3, 0.4) is 0 Å². The van der Waals surface area contributed by atoms with Gasteiger partial charge in [-0.05, 0) is 19.9 Å². The normalized spacial score (nSPS) is 15.2. The smallest absolute Gasteiger partial charge is 0.134 e. The van der Waals surface area contributed by atoms with Gasteiger partial charge in [0.05, 0.1) is 6.04 Å². The molecule has 0 spiro atoms. The molecule has 1 aromatic heterocycles. The van der Waals surface area contributed by atoms with Crippen LogP contribution in [-0.2, 0) is 0 Å². The second kappa shape index (κ2) is 6.18. The lowest BCUT2D eigenvalue weighted by Gasteiger charge is -2.08. The van der Waals surface area contributed by atoms with Crippen molar-refractivity contribution >= 4 is 11.3 Å². The molecule has 2 atom stereocenters. The number of aromatic nitrogens is 2. The van der Waals surface area contributed by atoms with Gasteiger partial charge in [-0.1, -0.05) is 38.5 Å². The van der Waals surface area contributed by atoms with Crippen LogP contribution in [0.15, 0.2) is 0 Å². The van der Waals surface area contributed by atoms with Crippen LogP contribution in [0.4, 0.5) is 0 Å². The fourth-order valence-electron chi connectivity index (χ4n) is 1.65. The highest BCUT2D eigenvalue weighted by molar-refractivity contribution is 7.11. The summed E-state index contributed by atoms with van der Waals surface area (Å²) < 4.78 is 0. The summed E-state index contributed by atoms with van der Waals surface area (Å²) in [5.74, 6) is 0.551. The molecule has 0 aliphatic rings. The van der Waals surface area contributed by atoms with Crippen molar-refractivity contribution in [3.8, 4) is 0 Å². The number of hydrogen-bond acceptors (Lipinski definition) is 4. The van der Waals surface area contributed by atoms with Crippen LogP contribution >= 0.6 is 11.3 Å². The molecule has 0 radical (unpaired) electrons. The Labute approximate surface area is 96.3 Å². The Kier molecular flexibility index (Phi) is 5.19. The maximum absolute atomic E-state index is 4.28. The third kappa shape index (κ3) is 3.24. The number of rotatable bonds is 6. The van der Waals surface area contributed by atoms with E-state index in [-0.39, 0.29) is 0 Å². The summed E-state index contributed by atoms with van der Waals surface area (Å²) in [5.41, 5.74) is 0. The van der Waals surface area contributed by atoms with Gasteiger partial charge in [-0.2, -0.15) is 0 Å². The van der Waals surface area contributed by atoms with E-state index >= 15 is 0 Å². The lowest BCUT2D eigenvalue weighted by molar-refractivity contribution is 0.567. The maximum Gasteiger partial charge on any atom is 0.134 e. The van der Waals surface area contributed by atoms with E-state index in [1.54, 1.807) is 11.3 Å². The van der Waals surface area contributed by atoms with E-state index in [1.165, 1.54) is 17.8 Å². The summed E-state index contributed by atoms with van der Waals surface area (Å²) >= 11 is 1.75. The molecule has 0 amide bonds. The van der Waals surface area contributed by atoms with Gasteiger partial charge in [-0.15, -0.1) is 10.2 Å². The fourth-order valence-corrected chi connectivity index (χ4v) is 2.77. The third-order valence-corrected chi connectivity index (χ3v) is 3.92. The minimum absolute atomic E-state index is 0.366. The van der Waals surface area contributed by atoms with Crippen molar-refractivity contribution in [1.82, 2.24) is 15.5 Å². The summed E-state index contributed by atoms with van der Waals surface area (Å²) in [7, 11) is 1.98. The van der Waals surface area contributed by atoms with Gasteiger partial charge < -0.3 is 5.32 Å². The van der Waals surface area contributed by atoms with Crippen LogP contribution < -0.4 is 5.32 Å². The van der Waals surface area contributed by atoms with Crippen molar-refractivity contribution in [2.24, 2.45) is 0 Å². The summed E-state index contributed by atoms with van der Waals surface area (Å²) in [6.45, 7) is 6.60. The Hall–Kier alpha value is -0.480. The average Bonchev–Trinajstić information content (AvgIpc) is 2.69. The molecule has 1 heterocycles. The van der Waals surface area contributed by atoms with E-state index in [9.17, 15) is 0 Å². The zero-order chi connectivity index (χ0) is 11.3. The van der Waals surface area contributed by atoms with Crippen molar-refractivity contribution in [2.75, 3.05) is 7.05 Å². The second-order valence-corrected chi connectivity index (χ2v) is 4.96. The van der Waals surface area contributed by atoms with Crippen LogP contribution in [0.2, 0.25) is 0 Å². The van der Waals surface area contributed by atoms with Crippen LogP contribution in [0.25, 0.3) is 0 Å². The molecule has 0 aliphatic carbocycles. The van der Waals surface area contributed by atoms with Crippen molar-refractivity contribution in [3.63, 3.8) is 0 Å². The Morgan fingerprint density at radius 3 is 2.47 bits per heavy atom. The van der Waals surface area contributed by atoms with Crippen LogP contribution in [0.5, 0.6) is 0 Å². The average molecular weight is 227 g/mol. The Bertz CT molecular complexity index is 281. The maximum atomic E-state index is 4.28. The molecule has 1 rings (SSSR count). The standard InChI is InChI=1S/C11H21N3S/c1-5-7-8(3)10-13-14-11(15-10)9(6-2)12-4/h8-9,12H,5-7H2,1-4H3. The van der Waals surface area contributed by atoms with E-state index in [0.717, 1.165) is 11.4 Å². The zero-order valence-corrected chi connectivity index (χ0v) is 10.9. The molecule has 0 bridgehead atoms. The summed E-state index contributed by atoms with van der Waals surface area (Å²) in [5, 5.41) is 14.1. The minimum atomic E-state index is 0.366. The Balaban J connectivity index is 2.70. The lowest BCUT2D eigenvalue weighted by atomic mass is 10.1. The number of nitrogens with one attached hydrogen (secondary N) is 1. The lowest BCUT2D eigenvalue weighted by Crippen LogP contribution is -2.14. The van der Waals surface area contributed by atoms with Gasteiger partial charge >= 0.3 is 0 Å². The molecule has 86 valence electrons. The molecule has 0 aromatic carbocycles. The van der Waals surface area contributed by atoms with Crippen LogP contribution in [0.1, 0.15) is 62.0 Å². The quantitative estimate of drug-likeness (QED) is 0.811. The van der Waals surface area contributed by atoms with Gasteiger partial charge in [-0.3, -0.25) is 0 Å². The Morgan fingerprint density at radius 1 is 1.27 bits per heavy atom. The third-order valence-electron chi connectivity index (χ3n) is 2.65. The van der Waals surface area contributed by atoms with Crippen molar-refractivity contribution < 1.29 is 0 Å². The highest BCUT2D eigenvalue weighted by Gasteiger charge is 2.15. The molecule has 0 aliphatic heterocycles. The summed E-state index contributed by atoms with van der Waals surface area (Å²) in [4.78, 5) is 0. The van der Waals surface area contributed by atoms with Gasteiger partial charge in [0.2, 0.25) is 0 Å². The Morgan fingerprint density at radius 2 is 1.93 bits per heavy atom. The molecule has 1 aromatic rings. The number of nitrogens with zero attached hydrogens (tertiary/aromatic N) is 2. The van der Waals surface area contributed by atoms with Crippen molar-refractivity contribution in [2.45, 2.75) is 52.0 Å². The van der Waals surface area contributed by atoms with Gasteiger partial charge in [0.1, 0.15) is 10.0 Å². The molecule has 1 N–H and O–H groups in total. The molecule has 0 fully saturated rings. The summed E-state index contributed by atoms with van der Waals surface area (Å²) in [6.07, 6.45) is 3.47. The minimum Gasteiger partial charge on any atom is -0.311 e. The second-order valence-electron chi connectivity index (χ2n) is 3.92. The molecule has 3 nitrogen and oxygen atoms in total. The monoisotopic (exact) mass is 227 g/mol. The van der Waals surface area contributed by atoms with Gasteiger partial charge in [-0.25, -0.2) is 0 Å². The molecular weight excluding hydrogens is 206 g/mol. The van der Waals surface area contributed by atoms with E-state index < -0.39 is 0 Å². The van der Waals surface area contributed by atoms with E-state index in [2.05, 4.69) is 36.3 Å². The highest BCUT2D eigenvalue weighted by Crippen LogP contribution is 2.27. The van der Waals surface area contributed by atoms with E-state index in [0.29, 0.717) is 12.0 Å². The molecule has 2 unspecified atom stereocenters. The van der Waals surface area contributed by atoms with Gasteiger partial charge in [0.25, 0.3) is 0 Å². The van der Waals surface area contributed by atoms with E-state index in [1.807, 2.05) is 7.05 Å². The van der Waals surface area contributed by atoms with Crippen molar-refractivity contribution in [3.05, 3.63) is 10.0 Å². The molecule has 4 heteroatoms. The molecule has 0 saturated heterocycles. The summed E-state index contributed by atoms with van der Waals surface area (Å²) in [6, 6.07) is 0.366. The van der Waals surface area contributed by atoms with Crippen LogP contribution in [-0.4, -0.2) is 17.2 Å². The first-order valence-electron chi connectivity index (χ1n) is 5.73. The van der Waals surface area contributed by atoms with E-state index in [4.69, 9.17) is 0 Å². The first-order valence-corrected chi connectivity index (χ1v) is 6.55. The predicted molar refractivity (Wildman–Crippen MR) is 65.3 cm³/mol. The van der Waals surface area contributed by atoms with Crippen LogP contribution in [0, 0.1) is 0 Å². The molecule has 15 heavy (non-hydrogen) atoms. The predicted octanol–water partition coefficient (Wildman–Crippen LogP) is 3.11. The highest BCUT2D eigenvalue weighted by atomic mass is 32.1. The first-order chi connectivity index (χ1) is 7.22. The zero-order valence-electron chi connectivity index (χ0n) is 10.1. The van der Waals surface area contributed by atoms with Gasteiger partial charge in [0, 0.05) is 5.92 Å². The van der Waals surface area contributed by atoms with Gasteiger partial charge in [0.15, 0.2) is 0 Å². The SMILES string of the molecule is CCCC(C)c1nnc(C(CC)NC)s1. The molecule has 0 saturated carbocycles. The van der Waals surface area contributed by atoms with Crippen molar-refractivity contribution in [1.29, 1.82) is 0 Å². The number of hydrogen-bond donors (Lipinski definition) is 1. The first kappa shape index (κ1) is 12.6. The fraction of sp³-hybridized carbons (Fsp3) is 0.818. The largest absolute Gasteiger partial charge is 0.311 e. The molecular formula is C11H21N3S. The topological polar surface area (TPSA) is 37.8 Å².